The van der Waals surface area contributed by atoms with E-state index in [1.54, 1.807) is 61.5 Å². The number of phenolic OH excluding ortho intramolecular Hbond substituents is 1. The van der Waals surface area contributed by atoms with E-state index in [0.29, 0.717) is 28.4 Å². The number of carbonyl (C=O) groups is 2. The Balaban J connectivity index is 1.78. The predicted octanol–water partition coefficient (Wildman–Crippen LogP) is 5.41. The maximum absolute atomic E-state index is 12.7. The van der Waals surface area contributed by atoms with E-state index < -0.39 is 18.1 Å². The van der Waals surface area contributed by atoms with Crippen molar-refractivity contribution in [1.29, 1.82) is 0 Å². The van der Waals surface area contributed by atoms with Crippen LogP contribution >= 0.6 is 0 Å². The molecule has 0 bridgehead atoms. The van der Waals surface area contributed by atoms with Gasteiger partial charge in [-0.2, -0.15) is 0 Å². The highest BCUT2D eigenvalue weighted by molar-refractivity contribution is 6.01. The number of carbonyl (C=O) groups excluding carboxylic acids is 2. The standard InChI is InChI=1S/C27H29N3O5/c1-17-8-12-20(13-9-17)29-27(33)35-26(19-11-14-24(34-3)23(31)16-19)18(2)10-15-25(32)30-22-7-5-4-6-21(22)28/h4-16,18,26,31H,28H2,1-3H3,(H,29,33)(H,30,32)/b15-10+/t18-,26-/m0/s1. The van der Waals surface area contributed by atoms with Crippen molar-refractivity contribution in [3.63, 3.8) is 0 Å². The lowest BCUT2D eigenvalue weighted by molar-refractivity contribution is -0.111. The largest absolute Gasteiger partial charge is 0.504 e. The van der Waals surface area contributed by atoms with Gasteiger partial charge in [0, 0.05) is 11.6 Å². The molecular weight excluding hydrogens is 446 g/mol. The Kier molecular flexibility index (Phi) is 8.34. The van der Waals surface area contributed by atoms with Gasteiger partial charge >= 0.3 is 6.09 Å². The van der Waals surface area contributed by atoms with Gasteiger partial charge in [0.1, 0.15) is 6.10 Å². The molecule has 8 nitrogen and oxygen atoms in total. The summed E-state index contributed by atoms with van der Waals surface area (Å²) in [6, 6.07) is 19.0. The van der Waals surface area contributed by atoms with E-state index in [2.05, 4.69) is 10.6 Å². The van der Waals surface area contributed by atoms with E-state index in [-0.39, 0.29) is 11.7 Å². The SMILES string of the molecule is COc1ccc([C@@H](OC(=O)Nc2ccc(C)cc2)[C@@H](C)/C=C/C(=O)Nc2ccccc2N)cc1O. The van der Waals surface area contributed by atoms with Gasteiger partial charge in [0.15, 0.2) is 11.5 Å². The Morgan fingerprint density at radius 3 is 2.40 bits per heavy atom. The third-order valence-corrected chi connectivity index (χ3v) is 5.31. The topological polar surface area (TPSA) is 123 Å². The molecule has 0 heterocycles. The molecule has 5 N–H and O–H groups in total. The summed E-state index contributed by atoms with van der Waals surface area (Å²) in [4.78, 5) is 25.1. The number of rotatable bonds is 8. The molecule has 0 aromatic heterocycles. The third-order valence-electron chi connectivity index (χ3n) is 5.31. The number of phenols is 1. The minimum atomic E-state index is -0.803. The Labute approximate surface area is 204 Å². The summed E-state index contributed by atoms with van der Waals surface area (Å²) in [6.45, 7) is 3.75. The molecule has 35 heavy (non-hydrogen) atoms. The van der Waals surface area contributed by atoms with E-state index in [4.69, 9.17) is 15.2 Å². The second kappa shape index (κ2) is 11.6. The molecule has 0 aliphatic heterocycles. The van der Waals surface area contributed by atoms with Gasteiger partial charge in [-0.3, -0.25) is 10.1 Å². The second-order valence-electron chi connectivity index (χ2n) is 8.04. The molecule has 3 aromatic rings. The van der Waals surface area contributed by atoms with Crippen LogP contribution in [0.2, 0.25) is 0 Å². The van der Waals surface area contributed by atoms with Gasteiger partial charge in [-0.1, -0.05) is 48.9 Å². The van der Waals surface area contributed by atoms with Crippen LogP contribution in [0.3, 0.4) is 0 Å². The van der Waals surface area contributed by atoms with Crippen LogP contribution in [0.1, 0.15) is 24.2 Å². The quantitative estimate of drug-likeness (QED) is 0.255. The molecule has 3 rings (SSSR count). The molecule has 0 fully saturated rings. The van der Waals surface area contributed by atoms with Crippen molar-refractivity contribution in [2.45, 2.75) is 20.0 Å². The summed E-state index contributed by atoms with van der Waals surface area (Å²) >= 11 is 0. The van der Waals surface area contributed by atoms with Crippen LogP contribution in [0.15, 0.2) is 78.9 Å². The highest BCUT2D eigenvalue weighted by Crippen LogP contribution is 2.34. The number of amides is 2. The first-order chi connectivity index (χ1) is 16.8. The number of aryl methyl sites for hydroxylation is 1. The molecule has 0 spiro atoms. The number of benzene rings is 3. The fourth-order valence-electron chi connectivity index (χ4n) is 3.39. The zero-order chi connectivity index (χ0) is 25.4. The number of aromatic hydroxyl groups is 1. The monoisotopic (exact) mass is 475 g/mol. The number of nitrogen functional groups attached to an aromatic ring is 1. The lowest BCUT2D eigenvalue weighted by Crippen LogP contribution is -2.21. The van der Waals surface area contributed by atoms with Gasteiger partial charge in [-0.05, 0) is 55.0 Å². The summed E-state index contributed by atoms with van der Waals surface area (Å²) in [5, 5.41) is 15.7. The average Bonchev–Trinajstić information content (AvgIpc) is 2.84. The highest BCUT2D eigenvalue weighted by Gasteiger charge is 2.24. The Morgan fingerprint density at radius 2 is 1.74 bits per heavy atom. The summed E-state index contributed by atoms with van der Waals surface area (Å²) in [5.41, 5.74) is 9.00. The molecule has 2 atom stereocenters. The summed E-state index contributed by atoms with van der Waals surface area (Å²) < 4.78 is 10.8. The molecule has 0 aliphatic rings. The number of ether oxygens (including phenoxy) is 2. The maximum atomic E-state index is 12.7. The van der Waals surface area contributed by atoms with E-state index in [1.807, 2.05) is 19.1 Å². The van der Waals surface area contributed by atoms with Crippen molar-refractivity contribution in [2.24, 2.45) is 5.92 Å². The van der Waals surface area contributed by atoms with Crippen LogP contribution < -0.4 is 21.1 Å². The molecule has 182 valence electrons. The molecule has 0 saturated carbocycles. The molecular formula is C27H29N3O5. The van der Waals surface area contributed by atoms with E-state index in [1.165, 1.54) is 19.3 Å². The predicted molar refractivity (Wildman–Crippen MR) is 136 cm³/mol. The number of hydrogen-bond donors (Lipinski definition) is 4. The zero-order valence-corrected chi connectivity index (χ0v) is 19.8. The minimum Gasteiger partial charge on any atom is -0.504 e. The molecule has 0 radical (unpaired) electrons. The van der Waals surface area contributed by atoms with Gasteiger partial charge in [0.2, 0.25) is 5.91 Å². The van der Waals surface area contributed by atoms with Crippen LogP contribution in [0.25, 0.3) is 0 Å². The average molecular weight is 476 g/mol. The maximum Gasteiger partial charge on any atom is 0.412 e. The molecule has 0 unspecified atom stereocenters. The van der Waals surface area contributed by atoms with Crippen LogP contribution in [0.5, 0.6) is 11.5 Å². The van der Waals surface area contributed by atoms with Crippen LogP contribution in [-0.4, -0.2) is 24.2 Å². The number of para-hydroxylation sites is 2. The lowest BCUT2D eigenvalue weighted by Gasteiger charge is -2.23. The van der Waals surface area contributed by atoms with E-state index in [0.717, 1.165) is 5.56 Å². The number of hydrogen-bond acceptors (Lipinski definition) is 6. The Hall–Kier alpha value is -4.46. The first-order valence-corrected chi connectivity index (χ1v) is 11.0. The smallest absolute Gasteiger partial charge is 0.412 e. The van der Waals surface area contributed by atoms with Crippen LogP contribution in [0.4, 0.5) is 21.9 Å². The van der Waals surface area contributed by atoms with Crippen molar-refractivity contribution in [2.75, 3.05) is 23.5 Å². The zero-order valence-electron chi connectivity index (χ0n) is 19.8. The van der Waals surface area contributed by atoms with Crippen LogP contribution in [0, 0.1) is 12.8 Å². The minimum absolute atomic E-state index is 0.0916. The first-order valence-electron chi connectivity index (χ1n) is 11.0. The van der Waals surface area contributed by atoms with Crippen molar-refractivity contribution in [1.82, 2.24) is 0 Å². The van der Waals surface area contributed by atoms with Crippen molar-refractivity contribution < 1.29 is 24.2 Å². The normalized spacial score (nSPS) is 12.5. The van der Waals surface area contributed by atoms with Gasteiger partial charge < -0.3 is 25.6 Å². The number of nitrogens with one attached hydrogen (secondary N) is 2. The second-order valence-corrected chi connectivity index (χ2v) is 8.04. The van der Waals surface area contributed by atoms with Gasteiger partial charge in [-0.15, -0.1) is 0 Å². The first kappa shape index (κ1) is 25.2. The molecule has 0 aliphatic carbocycles. The highest BCUT2D eigenvalue weighted by atomic mass is 16.6. The fourth-order valence-corrected chi connectivity index (χ4v) is 3.39. The molecule has 8 heteroatoms. The lowest BCUT2D eigenvalue weighted by atomic mass is 9.96. The Bertz CT molecular complexity index is 1210. The van der Waals surface area contributed by atoms with Crippen molar-refractivity contribution in [3.05, 3.63) is 90.0 Å². The molecule has 0 saturated heterocycles. The third kappa shape index (κ3) is 7.01. The summed E-state index contributed by atoms with van der Waals surface area (Å²) in [7, 11) is 1.45. The molecule has 2 amide bonds. The van der Waals surface area contributed by atoms with E-state index in [9.17, 15) is 14.7 Å². The summed E-state index contributed by atoms with van der Waals surface area (Å²) in [5.74, 6) is -0.605. The van der Waals surface area contributed by atoms with Gasteiger partial charge in [-0.25, -0.2) is 4.79 Å². The van der Waals surface area contributed by atoms with Gasteiger partial charge in [0.25, 0.3) is 0 Å². The number of anilines is 3. The van der Waals surface area contributed by atoms with E-state index >= 15 is 0 Å². The van der Waals surface area contributed by atoms with Crippen LogP contribution in [-0.2, 0) is 9.53 Å². The molecule has 3 aromatic carbocycles. The number of methoxy groups -OCH3 is 1. The van der Waals surface area contributed by atoms with Gasteiger partial charge in [0.05, 0.1) is 18.5 Å². The van der Waals surface area contributed by atoms with Crippen molar-refractivity contribution in [3.8, 4) is 11.5 Å². The van der Waals surface area contributed by atoms with Crippen molar-refractivity contribution >= 4 is 29.1 Å². The number of nitrogens with two attached hydrogens (primary N) is 1. The summed E-state index contributed by atoms with van der Waals surface area (Å²) in [6.07, 6.45) is 1.51. The fraction of sp³-hybridized carbons (Fsp3) is 0.185. The Morgan fingerprint density at radius 1 is 1.03 bits per heavy atom.